The smallest absolute Gasteiger partial charge is 0.255 e. The van der Waals surface area contributed by atoms with Gasteiger partial charge in [0.1, 0.15) is 17.0 Å². The maximum absolute atomic E-state index is 12.6. The summed E-state index contributed by atoms with van der Waals surface area (Å²) >= 11 is 0. The summed E-state index contributed by atoms with van der Waals surface area (Å²) in [4.78, 5) is 16.9. The molecule has 0 saturated carbocycles. The molecule has 5 heteroatoms. The third kappa shape index (κ3) is 3.15. The monoisotopic (exact) mass is 322 g/mol. The van der Waals surface area contributed by atoms with Crippen LogP contribution in [0.4, 0.5) is 5.69 Å². The number of fused-ring (bicyclic) bond motifs is 1. The minimum absolute atomic E-state index is 0.202. The number of methoxy groups -OCH3 is 1. The Bertz CT molecular complexity index is 877. The second-order valence-corrected chi connectivity index (χ2v) is 5.13. The van der Waals surface area contributed by atoms with Crippen LogP contribution in [0, 0.1) is 0 Å². The molecule has 0 radical (unpaired) electrons. The van der Waals surface area contributed by atoms with E-state index >= 15 is 0 Å². The molecule has 0 aliphatic rings. The molecule has 2 aromatic carbocycles. The van der Waals surface area contributed by atoms with Crippen molar-refractivity contribution >= 4 is 22.5 Å². The van der Waals surface area contributed by atoms with Crippen molar-refractivity contribution in [1.82, 2.24) is 4.98 Å². The molecule has 5 nitrogen and oxygen atoms in total. The summed E-state index contributed by atoms with van der Waals surface area (Å²) in [7, 11) is 1.60. The fourth-order valence-corrected chi connectivity index (χ4v) is 2.51. The number of benzene rings is 2. The van der Waals surface area contributed by atoms with Gasteiger partial charge in [-0.05, 0) is 49.4 Å². The quantitative estimate of drug-likeness (QED) is 0.774. The lowest BCUT2D eigenvalue weighted by Crippen LogP contribution is -2.12. The molecular weight excluding hydrogens is 304 g/mol. The summed E-state index contributed by atoms with van der Waals surface area (Å²) in [5.74, 6) is 1.14. The lowest BCUT2D eigenvalue weighted by Gasteiger charge is -2.11. The standard InChI is InChI=1S/C19H18N2O3/c1-3-24-14-7-4-6-13(12-14)19(22)21-16-9-10-17(23-2)18-15(16)8-5-11-20-18/h4-12H,3H2,1-2H3,(H,21,22). The Morgan fingerprint density at radius 1 is 1.17 bits per heavy atom. The topological polar surface area (TPSA) is 60.5 Å². The van der Waals surface area contributed by atoms with Gasteiger partial charge in [0.2, 0.25) is 0 Å². The minimum atomic E-state index is -0.202. The number of pyridine rings is 1. The summed E-state index contributed by atoms with van der Waals surface area (Å²) in [5, 5.41) is 3.76. The molecule has 1 amide bonds. The molecule has 0 fully saturated rings. The van der Waals surface area contributed by atoms with Crippen LogP contribution in [-0.2, 0) is 0 Å². The van der Waals surface area contributed by atoms with Crippen molar-refractivity contribution in [2.75, 3.05) is 19.0 Å². The van der Waals surface area contributed by atoms with Crippen molar-refractivity contribution in [1.29, 1.82) is 0 Å². The van der Waals surface area contributed by atoms with Gasteiger partial charge < -0.3 is 14.8 Å². The van der Waals surface area contributed by atoms with E-state index in [9.17, 15) is 4.79 Å². The molecule has 0 atom stereocenters. The lowest BCUT2D eigenvalue weighted by atomic mass is 10.1. The second kappa shape index (κ2) is 7.00. The van der Waals surface area contributed by atoms with Gasteiger partial charge >= 0.3 is 0 Å². The Morgan fingerprint density at radius 2 is 2.04 bits per heavy atom. The predicted molar refractivity (Wildman–Crippen MR) is 93.9 cm³/mol. The van der Waals surface area contributed by atoms with E-state index in [4.69, 9.17) is 9.47 Å². The number of hydrogen-bond donors (Lipinski definition) is 1. The minimum Gasteiger partial charge on any atom is -0.494 e. The van der Waals surface area contributed by atoms with Gasteiger partial charge in [-0.25, -0.2) is 0 Å². The number of rotatable bonds is 5. The first-order chi connectivity index (χ1) is 11.7. The number of hydrogen-bond acceptors (Lipinski definition) is 4. The van der Waals surface area contributed by atoms with Gasteiger partial charge in [-0.2, -0.15) is 0 Å². The van der Waals surface area contributed by atoms with E-state index in [0.717, 1.165) is 5.39 Å². The maximum atomic E-state index is 12.6. The lowest BCUT2D eigenvalue weighted by molar-refractivity contribution is 0.102. The highest BCUT2D eigenvalue weighted by molar-refractivity contribution is 6.09. The molecule has 0 spiro atoms. The average molecular weight is 322 g/mol. The van der Waals surface area contributed by atoms with Crippen LogP contribution >= 0.6 is 0 Å². The number of carbonyl (C=O) groups excluding carboxylic acids is 1. The number of ether oxygens (including phenoxy) is 2. The molecule has 3 rings (SSSR count). The van der Waals surface area contributed by atoms with Crippen LogP contribution in [0.15, 0.2) is 54.7 Å². The summed E-state index contributed by atoms with van der Waals surface area (Å²) in [6, 6.07) is 14.4. The van der Waals surface area contributed by atoms with Crippen molar-refractivity contribution < 1.29 is 14.3 Å². The van der Waals surface area contributed by atoms with Crippen molar-refractivity contribution in [2.45, 2.75) is 6.92 Å². The Morgan fingerprint density at radius 3 is 2.83 bits per heavy atom. The molecule has 0 unspecified atom stereocenters. The molecule has 24 heavy (non-hydrogen) atoms. The number of carbonyl (C=O) groups is 1. The van der Waals surface area contributed by atoms with Crippen molar-refractivity contribution in [3.8, 4) is 11.5 Å². The van der Waals surface area contributed by atoms with E-state index in [1.807, 2.05) is 31.2 Å². The van der Waals surface area contributed by atoms with Crippen LogP contribution in [0.1, 0.15) is 17.3 Å². The first-order valence-corrected chi connectivity index (χ1v) is 7.69. The average Bonchev–Trinajstić information content (AvgIpc) is 2.62. The van der Waals surface area contributed by atoms with Crippen molar-refractivity contribution in [3.05, 3.63) is 60.3 Å². The van der Waals surface area contributed by atoms with Crippen LogP contribution in [0.2, 0.25) is 0 Å². The summed E-state index contributed by atoms with van der Waals surface area (Å²) in [6.07, 6.45) is 1.70. The fourth-order valence-electron chi connectivity index (χ4n) is 2.51. The van der Waals surface area contributed by atoms with Gasteiger partial charge in [-0.15, -0.1) is 0 Å². The molecule has 1 aromatic heterocycles. The second-order valence-electron chi connectivity index (χ2n) is 5.13. The van der Waals surface area contributed by atoms with Crippen LogP contribution in [0.5, 0.6) is 11.5 Å². The fraction of sp³-hybridized carbons (Fsp3) is 0.158. The van der Waals surface area contributed by atoms with Gasteiger partial charge in [-0.1, -0.05) is 6.07 Å². The Balaban J connectivity index is 1.92. The van der Waals surface area contributed by atoms with E-state index in [1.165, 1.54) is 0 Å². The van der Waals surface area contributed by atoms with E-state index in [2.05, 4.69) is 10.3 Å². The van der Waals surface area contributed by atoms with E-state index in [1.54, 1.807) is 37.6 Å². The molecule has 0 aliphatic carbocycles. The molecule has 122 valence electrons. The van der Waals surface area contributed by atoms with Crippen LogP contribution in [-0.4, -0.2) is 24.6 Å². The van der Waals surface area contributed by atoms with Gasteiger partial charge in [0.05, 0.1) is 19.4 Å². The zero-order valence-corrected chi connectivity index (χ0v) is 13.6. The molecular formula is C19H18N2O3. The molecule has 1 N–H and O–H groups in total. The van der Waals surface area contributed by atoms with Crippen LogP contribution in [0.3, 0.4) is 0 Å². The summed E-state index contributed by atoms with van der Waals surface area (Å²) < 4.78 is 10.8. The van der Waals surface area contributed by atoms with E-state index in [0.29, 0.717) is 34.9 Å². The highest BCUT2D eigenvalue weighted by atomic mass is 16.5. The van der Waals surface area contributed by atoms with E-state index < -0.39 is 0 Å². The third-order valence-corrected chi connectivity index (χ3v) is 3.61. The number of aromatic nitrogens is 1. The molecule has 3 aromatic rings. The summed E-state index contributed by atoms with van der Waals surface area (Å²) in [5.41, 5.74) is 1.93. The Hall–Kier alpha value is -3.08. The number of amides is 1. The highest BCUT2D eigenvalue weighted by Gasteiger charge is 2.12. The number of nitrogens with zero attached hydrogens (tertiary/aromatic N) is 1. The molecule has 0 bridgehead atoms. The first-order valence-electron chi connectivity index (χ1n) is 7.69. The van der Waals surface area contributed by atoms with Crippen molar-refractivity contribution in [2.24, 2.45) is 0 Å². The maximum Gasteiger partial charge on any atom is 0.255 e. The summed E-state index contributed by atoms with van der Waals surface area (Å²) in [6.45, 7) is 2.46. The SMILES string of the molecule is CCOc1cccc(C(=O)Nc2ccc(OC)c3ncccc23)c1. The van der Waals surface area contributed by atoms with Gasteiger partial charge in [-0.3, -0.25) is 9.78 Å². The molecule has 1 heterocycles. The van der Waals surface area contributed by atoms with Gasteiger partial charge in [0.15, 0.2) is 0 Å². The number of nitrogens with one attached hydrogen (secondary N) is 1. The normalized spacial score (nSPS) is 10.4. The Kier molecular flexibility index (Phi) is 4.61. The Labute approximate surface area is 140 Å². The van der Waals surface area contributed by atoms with Crippen LogP contribution in [0.25, 0.3) is 10.9 Å². The van der Waals surface area contributed by atoms with E-state index in [-0.39, 0.29) is 5.91 Å². The predicted octanol–water partition coefficient (Wildman–Crippen LogP) is 3.89. The molecule has 0 aliphatic heterocycles. The first kappa shape index (κ1) is 15.8. The zero-order valence-electron chi connectivity index (χ0n) is 13.6. The number of anilines is 1. The highest BCUT2D eigenvalue weighted by Crippen LogP contribution is 2.30. The largest absolute Gasteiger partial charge is 0.494 e. The van der Waals surface area contributed by atoms with Gasteiger partial charge in [0.25, 0.3) is 5.91 Å². The van der Waals surface area contributed by atoms with Crippen LogP contribution < -0.4 is 14.8 Å². The third-order valence-electron chi connectivity index (χ3n) is 3.61. The zero-order chi connectivity index (χ0) is 16.9. The van der Waals surface area contributed by atoms with Crippen molar-refractivity contribution in [3.63, 3.8) is 0 Å². The molecule has 0 saturated heterocycles. The van der Waals surface area contributed by atoms with Gasteiger partial charge in [0, 0.05) is 17.1 Å².